The molecule has 0 amide bonds. The fourth-order valence-electron chi connectivity index (χ4n) is 1.37. The van der Waals surface area contributed by atoms with Gasteiger partial charge >= 0.3 is 0 Å². The number of halogens is 2. The maximum absolute atomic E-state index is 9.06. The Hall–Kier alpha value is -2.02. The van der Waals surface area contributed by atoms with Crippen molar-refractivity contribution in [3.8, 4) is 0 Å². The van der Waals surface area contributed by atoms with E-state index in [4.69, 9.17) is 33.3 Å². The van der Waals surface area contributed by atoms with Gasteiger partial charge < -0.3 is 5.32 Å². The summed E-state index contributed by atoms with van der Waals surface area (Å²) in [7, 11) is 0. The second-order valence-electron chi connectivity index (χ2n) is 4.05. The molecule has 8 heteroatoms. The van der Waals surface area contributed by atoms with Crippen molar-refractivity contribution >= 4 is 23.2 Å². The molecule has 116 valence electrons. The topological polar surface area (TPSA) is 81.0 Å². The van der Waals surface area contributed by atoms with Gasteiger partial charge in [0.1, 0.15) is 10.3 Å². The summed E-state index contributed by atoms with van der Waals surface area (Å²) < 4.78 is 0. The predicted molar refractivity (Wildman–Crippen MR) is 86.2 cm³/mol. The van der Waals surface area contributed by atoms with Gasteiger partial charge in [-0.25, -0.2) is 9.97 Å². The number of rotatable bonds is 5. The molecule has 22 heavy (non-hydrogen) atoms. The third kappa shape index (κ3) is 7.68. The van der Waals surface area contributed by atoms with Crippen molar-refractivity contribution < 1.29 is 4.92 Å². The summed E-state index contributed by atoms with van der Waals surface area (Å²) in [6, 6.07) is 7.45. The maximum Gasteiger partial charge on any atom is 0.227 e. The average Bonchev–Trinajstić information content (AvgIpc) is 2.52. The molecule has 2 heterocycles. The predicted octanol–water partition coefficient (Wildman–Crippen LogP) is 3.48. The van der Waals surface area contributed by atoms with Gasteiger partial charge in [-0.1, -0.05) is 35.3 Å². The molecule has 0 saturated heterocycles. The molecule has 0 aromatic carbocycles. The van der Waals surface area contributed by atoms with Crippen molar-refractivity contribution in [3.05, 3.63) is 81.0 Å². The number of nitrogens with zero attached hydrogens (tertiary/aromatic N) is 3. The summed E-state index contributed by atoms with van der Waals surface area (Å²) in [6.07, 6.45) is 4.16. The van der Waals surface area contributed by atoms with Crippen molar-refractivity contribution in [2.24, 2.45) is 0 Å². The number of nitro groups is 1. The quantitative estimate of drug-likeness (QED) is 0.512. The summed E-state index contributed by atoms with van der Waals surface area (Å²) in [4.78, 5) is 16.5. The third-order valence-corrected chi connectivity index (χ3v) is 2.83. The summed E-state index contributed by atoms with van der Waals surface area (Å²) in [5, 5.41) is 13.4. The Kier molecular flexibility index (Phi) is 8.06. The first-order valence-electron chi connectivity index (χ1n) is 6.19. The Morgan fingerprint density at radius 1 is 1.09 bits per heavy atom. The van der Waals surface area contributed by atoms with Crippen molar-refractivity contribution in [3.63, 3.8) is 0 Å². The van der Waals surface area contributed by atoms with Crippen LogP contribution in [0.15, 0.2) is 49.4 Å². The van der Waals surface area contributed by atoms with E-state index < -0.39 is 4.92 Å². The number of hydrogen-bond acceptors (Lipinski definition) is 5. The van der Waals surface area contributed by atoms with Crippen LogP contribution in [0.2, 0.25) is 10.3 Å². The van der Waals surface area contributed by atoms with Gasteiger partial charge in [-0.3, -0.25) is 10.1 Å². The summed E-state index contributed by atoms with van der Waals surface area (Å²) >= 11 is 11.4. The third-order valence-electron chi connectivity index (χ3n) is 2.38. The van der Waals surface area contributed by atoms with E-state index in [0.29, 0.717) is 16.5 Å². The summed E-state index contributed by atoms with van der Waals surface area (Å²) in [6.45, 7) is 4.35. The Labute approximate surface area is 138 Å². The number of aromatic nitrogens is 2. The molecule has 0 aliphatic carbocycles. The molecule has 0 radical (unpaired) electrons. The largest absolute Gasteiger partial charge is 0.309 e. The Balaban J connectivity index is 0.000000422. The Morgan fingerprint density at radius 3 is 1.77 bits per heavy atom. The molecule has 2 aromatic rings. The van der Waals surface area contributed by atoms with E-state index in [0.717, 1.165) is 24.2 Å². The minimum atomic E-state index is -0.611. The average molecular weight is 341 g/mol. The molecule has 1 N–H and O–H groups in total. The van der Waals surface area contributed by atoms with Crippen LogP contribution in [0.5, 0.6) is 0 Å². The van der Waals surface area contributed by atoms with E-state index in [-0.39, 0.29) is 0 Å². The standard InChI is InChI=1S/C12H11Cl2N3.C2H3NO2/c13-11-3-1-9(7-16-11)5-15-6-10-2-4-12(14)17-8-10;1-2-3(4)5/h1-4,7-8,15H,5-6H2;2H,1H2. The van der Waals surface area contributed by atoms with Gasteiger partial charge in [0.25, 0.3) is 0 Å². The van der Waals surface area contributed by atoms with Gasteiger partial charge in [-0.2, -0.15) is 0 Å². The van der Waals surface area contributed by atoms with Crippen molar-refractivity contribution in [1.29, 1.82) is 0 Å². The molecule has 0 bridgehead atoms. The van der Waals surface area contributed by atoms with Crippen LogP contribution in [0.3, 0.4) is 0 Å². The first-order chi connectivity index (χ1) is 10.5. The summed E-state index contributed by atoms with van der Waals surface area (Å²) in [5.74, 6) is 0. The van der Waals surface area contributed by atoms with Crippen LogP contribution in [0.25, 0.3) is 0 Å². The number of hydrogen-bond donors (Lipinski definition) is 1. The zero-order valence-electron chi connectivity index (χ0n) is 11.6. The Bertz CT molecular complexity index is 558. The van der Waals surface area contributed by atoms with E-state index >= 15 is 0 Å². The first-order valence-corrected chi connectivity index (χ1v) is 6.94. The molecule has 0 fully saturated rings. The molecule has 0 aliphatic rings. The van der Waals surface area contributed by atoms with E-state index in [1.165, 1.54) is 0 Å². The second kappa shape index (κ2) is 9.83. The monoisotopic (exact) mass is 340 g/mol. The zero-order valence-corrected chi connectivity index (χ0v) is 13.1. The molecule has 0 unspecified atom stereocenters. The number of pyridine rings is 2. The van der Waals surface area contributed by atoms with Gasteiger partial charge in [0.15, 0.2) is 0 Å². The highest BCUT2D eigenvalue weighted by molar-refractivity contribution is 6.29. The molecule has 0 aliphatic heterocycles. The molecular weight excluding hydrogens is 327 g/mol. The van der Waals surface area contributed by atoms with Gasteiger partial charge in [0.2, 0.25) is 6.20 Å². The minimum absolute atomic E-state index is 0.510. The maximum atomic E-state index is 9.06. The highest BCUT2D eigenvalue weighted by Crippen LogP contribution is 2.07. The van der Waals surface area contributed by atoms with Crippen molar-refractivity contribution in [2.45, 2.75) is 13.1 Å². The summed E-state index contributed by atoms with van der Waals surface area (Å²) in [5.41, 5.74) is 2.19. The van der Waals surface area contributed by atoms with Crippen LogP contribution in [0.1, 0.15) is 11.1 Å². The lowest BCUT2D eigenvalue weighted by atomic mass is 10.2. The SMILES string of the molecule is C=C[N+](=O)[O-].Clc1ccc(CNCc2ccc(Cl)nc2)cn1. The molecule has 0 saturated carbocycles. The Morgan fingerprint density at radius 2 is 1.50 bits per heavy atom. The molecule has 2 rings (SSSR count). The van der Waals surface area contributed by atoms with Crippen LogP contribution < -0.4 is 5.32 Å². The molecule has 6 nitrogen and oxygen atoms in total. The second-order valence-corrected chi connectivity index (χ2v) is 4.82. The lowest BCUT2D eigenvalue weighted by Gasteiger charge is -2.04. The van der Waals surface area contributed by atoms with E-state index in [1.54, 1.807) is 24.5 Å². The molecular formula is C14H14Cl2N4O2. The van der Waals surface area contributed by atoms with E-state index in [9.17, 15) is 0 Å². The van der Waals surface area contributed by atoms with Crippen LogP contribution >= 0.6 is 23.2 Å². The van der Waals surface area contributed by atoms with Crippen LogP contribution in [-0.2, 0) is 13.1 Å². The molecule has 0 atom stereocenters. The highest BCUT2D eigenvalue weighted by atomic mass is 35.5. The van der Waals surface area contributed by atoms with Gasteiger partial charge in [0.05, 0.1) is 4.92 Å². The van der Waals surface area contributed by atoms with E-state index in [1.807, 2.05) is 12.1 Å². The van der Waals surface area contributed by atoms with Crippen LogP contribution in [0, 0.1) is 10.1 Å². The molecule has 2 aromatic heterocycles. The smallest absolute Gasteiger partial charge is 0.227 e. The van der Waals surface area contributed by atoms with Crippen LogP contribution in [-0.4, -0.2) is 14.9 Å². The van der Waals surface area contributed by atoms with Crippen molar-refractivity contribution in [2.75, 3.05) is 0 Å². The molecule has 0 spiro atoms. The van der Waals surface area contributed by atoms with Gasteiger partial charge in [0, 0.05) is 25.5 Å². The highest BCUT2D eigenvalue weighted by Gasteiger charge is 1.96. The van der Waals surface area contributed by atoms with Crippen molar-refractivity contribution in [1.82, 2.24) is 15.3 Å². The fraction of sp³-hybridized carbons (Fsp3) is 0.143. The van der Waals surface area contributed by atoms with Crippen LogP contribution in [0.4, 0.5) is 0 Å². The minimum Gasteiger partial charge on any atom is -0.309 e. The zero-order chi connectivity index (χ0) is 16.4. The van der Waals surface area contributed by atoms with Gasteiger partial charge in [-0.05, 0) is 29.8 Å². The number of nitrogens with one attached hydrogen (secondary N) is 1. The van der Waals surface area contributed by atoms with Gasteiger partial charge in [-0.15, -0.1) is 0 Å². The first kappa shape index (κ1) is 18.0. The lowest BCUT2D eigenvalue weighted by molar-refractivity contribution is -0.401. The van der Waals surface area contributed by atoms with E-state index in [2.05, 4.69) is 21.9 Å². The fourth-order valence-corrected chi connectivity index (χ4v) is 1.60. The lowest BCUT2D eigenvalue weighted by Crippen LogP contribution is -2.12. The normalized spacial score (nSPS) is 9.55.